The molecule has 0 saturated carbocycles. The Kier molecular flexibility index (Phi) is 9.27. The van der Waals surface area contributed by atoms with Gasteiger partial charge in [-0.25, -0.2) is 4.79 Å². The Balaban J connectivity index is 1.42. The quantitative estimate of drug-likeness (QED) is 0.141. The highest BCUT2D eigenvalue weighted by Crippen LogP contribution is 2.49. The average molecular weight is 719 g/mol. The fraction of sp³-hybridized carbons (Fsp3) is 0.529. The van der Waals surface area contributed by atoms with E-state index in [4.69, 9.17) is 28.4 Å². The third-order valence-corrected chi connectivity index (χ3v) is 10.1. The van der Waals surface area contributed by atoms with Crippen LogP contribution < -0.4 is 4.74 Å². The van der Waals surface area contributed by atoms with Crippen LogP contribution in [-0.2, 0) is 28.5 Å². The molecule has 0 amide bonds. The Morgan fingerprint density at radius 3 is 2.20 bits per heavy atom. The number of aliphatic hydroxyl groups is 6. The van der Waals surface area contributed by atoms with Gasteiger partial charge in [0.05, 0.1) is 44.2 Å². The van der Waals surface area contributed by atoms with E-state index in [-0.39, 0.29) is 40.5 Å². The summed E-state index contributed by atoms with van der Waals surface area (Å²) in [6.07, 6.45) is -10.3. The standard InChI is InChI=1S/C34H38O17/c1-11-23-14(6-15-25(28(23)39)31(42)33(44)20(36)9-19(46-4)30(41)34(33,45)29(15)40)7-17(24(11)32(43)47-5)50-22-10-18(27(38)13(3)49-22)51-21-8-16(35)26(37)12(2)48-21/h6-7,9,12-13,16,18,21-22,26-27,30,35,37-39,41,44-45H,8,10H2,1-5H3/t12-,13-,16-,18-,21+,22+,26-,27-,30-,33-,34-/m1/s1. The predicted octanol–water partition coefficient (Wildman–Crippen LogP) is -0.928. The number of aliphatic hydroxyl groups excluding tert-OH is 4. The molecule has 276 valence electrons. The maximum atomic E-state index is 13.9. The lowest BCUT2D eigenvalue weighted by Gasteiger charge is -2.47. The zero-order valence-electron chi connectivity index (χ0n) is 28.1. The normalized spacial score (nSPS) is 36.6. The first-order chi connectivity index (χ1) is 23.9. The van der Waals surface area contributed by atoms with Crippen LogP contribution in [0.15, 0.2) is 24.0 Å². The second kappa shape index (κ2) is 12.9. The van der Waals surface area contributed by atoms with Crippen LogP contribution in [-0.4, -0.2) is 140 Å². The molecule has 0 spiro atoms. The summed E-state index contributed by atoms with van der Waals surface area (Å²) in [6, 6.07) is 2.28. The van der Waals surface area contributed by atoms with Crippen molar-refractivity contribution in [2.45, 2.75) is 100 Å². The van der Waals surface area contributed by atoms with Crippen molar-refractivity contribution < 1.29 is 83.3 Å². The number of hydrogen-bond donors (Lipinski definition) is 7. The summed E-state index contributed by atoms with van der Waals surface area (Å²) >= 11 is 0. The topological polar surface area (TPSA) is 265 Å². The number of benzene rings is 2. The van der Waals surface area contributed by atoms with Crippen LogP contribution in [0.1, 0.15) is 63.3 Å². The third kappa shape index (κ3) is 5.34. The van der Waals surface area contributed by atoms with Gasteiger partial charge in [0.15, 0.2) is 12.4 Å². The lowest BCUT2D eigenvalue weighted by Crippen LogP contribution is -2.76. The molecule has 0 unspecified atom stereocenters. The van der Waals surface area contributed by atoms with Crippen molar-refractivity contribution in [2.24, 2.45) is 0 Å². The van der Waals surface area contributed by atoms with Gasteiger partial charge in [0, 0.05) is 29.9 Å². The SMILES string of the molecule is COC(=O)c1c(O[C@H]2C[C@@H](O[C@H]3C[C@@H](O)[C@H](O)[C@@H](C)O3)[C@H](O)[C@@H](C)O2)cc2cc3c(c(O)c2c1C)C(=O)[C@]1(O)C(=O)C=C(OC)[C@@H](O)[C@]1(O)C3=O. The molecular formula is C34H38O17. The van der Waals surface area contributed by atoms with E-state index in [1.54, 1.807) is 13.8 Å². The van der Waals surface area contributed by atoms with Crippen molar-refractivity contribution in [3.63, 3.8) is 0 Å². The highest BCUT2D eigenvalue weighted by atomic mass is 16.7. The summed E-state index contributed by atoms with van der Waals surface area (Å²) in [5, 5.41) is 76.1. The predicted molar refractivity (Wildman–Crippen MR) is 168 cm³/mol. The van der Waals surface area contributed by atoms with Crippen LogP contribution in [0.25, 0.3) is 10.8 Å². The van der Waals surface area contributed by atoms with Crippen LogP contribution in [0.2, 0.25) is 0 Å². The van der Waals surface area contributed by atoms with Crippen LogP contribution in [0, 0.1) is 6.92 Å². The zero-order valence-corrected chi connectivity index (χ0v) is 28.1. The van der Waals surface area contributed by atoms with Gasteiger partial charge in [-0.2, -0.15) is 0 Å². The Hall–Kier alpha value is -4.04. The molecule has 2 aromatic carbocycles. The molecular weight excluding hydrogens is 680 g/mol. The van der Waals surface area contributed by atoms with E-state index in [0.29, 0.717) is 6.08 Å². The largest absolute Gasteiger partial charge is 0.507 e. The maximum absolute atomic E-state index is 13.9. The summed E-state index contributed by atoms with van der Waals surface area (Å²) in [4.78, 5) is 53.9. The molecule has 2 heterocycles. The molecule has 11 atom stereocenters. The number of aromatic hydroxyl groups is 1. The second-order valence-corrected chi connectivity index (χ2v) is 13.1. The number of carbonyl (C=O) groups is 4. The van der Waals surface area contributed by atoms with E-state index < -0.39 is 112 Å². The molecule has 51 heavy (non-hydrogen) atoms. The molecule has 2 aromatic rings. The Morgan fingerprint density at radius 1 is 0.922 bits per heavy atom. The number of fused-ring (bicyclic) bond motifs is 3. The Bertz CT molecular complexity index is 1840. The molecule has 2 saturated heterocycles. The number of methoxy groups -OCH3 is 2. The lowest BCUT2D eigenvalue weighted by molar-refractivity contribution is -0.298. The summed E-state index contributed by atoms with van der Waals surface area (Å²) in [5.41, 5.74) is -8.74. The minimum absolute atomic E-state index is 0.0189. The van der Waals surface area contributed by atoms with Crippen LogP contribution in [0.4, 0.5) is 0 Å². The highest BCUT2D eigenvalue weighted by molar-refractivity contribution is 6.35. The van der Waals surface area contributed by atoms with E-state index in [2.05, 4.69) is 0 Å². The van der Waals surface area contributed by atoms with Crippen LogP contribution in [0.5, 0.6) is 11.5 Å². The van der Waals surface area contributed by atoms with Gasteiger partial charge in [-0.1, -0.05) is 0 Å². The number of ether oxygens (including phenoxy) is 6. The molecule has 17 nitrogen and oxygen atoms in total. The summed E-state index contributed by atoms with van der Waals surface area (Å²) in [5.74, 6) is -7.19. The number of carbonyl (C=O) groups excluding carboxylic acids is 4. The van der Waals surface area contributed by atoms with E-state index in [0.717, 1.165) is 20.3 Å². The molecule has 2 aliphatic heterocycles. The fourth-order valence-corrected chi connectivity index (χ4v) is 7.28. The molecule has 6 rings (SSSR count). The van der Waals surface area contributed by atoms with Crippen molar-refractivity contribution in [3.8, 4) is 11.5 Å². The van der Waals surface area contributed by atoms with E-state index in [1.165, 1.54) is 13.0 Å². The lowest BCUT2D eigenvalue weighted by atomic mass is 9.60. The number of hydrogen-bond acceptors (Lipinski definition) is 17. The Morgan fingerprint density at radius 2 is 1.57 bits per heavy atom. The summed E-state index contributed by atoms with van der Waals surface area (Å²) in [7, 11) is 2.12. The van der Waals surface area contributed by atoms with E-state index in [1.807, 2.05) is 0 Å². The number of esters is 1. The molecule has 4 aliphatic rings. The number of aryl methyl sites for hydroxylation is 1. The molecule has 0 radical (unpaired) electrons. The molecule has 17 heteroatoms. The number of rotatable bonds is 6. The average Bonchev–Trinajstić information content (AvgIpc) is 3.08. The Labute approximate surface area is 289 Å². The molecule has 2 aliphatic carbocycles. The number of phenolic OH excluding ortho intramolecular Hbond substituents is 1. The first kappa shape index (κ1) is 36.7. The summed E-state index contributed by atoms with van der Waals surface area (Å²) < 4.78 is 33.5. The van der Waals surface area contributed by atoms with Crippen LogP contribution >= 0.6 is 0 Å². The third-order valence-electron chi connectivity index (χ3n) is 10.1. The molecule has 2 fully saturated rings. The van der Waals surface area contributed by atoms with Gasteiger partial charge in [0.25, 0.3) is 0 Å². The fourth-order valence-electron chi connectivity index (χ4n) is 7.28. The minimum Gasteiger partial charge on any atom is -0.507 e. The number of phenols is 1. The van der Waals surface area contributed by atoms with Gasteiger partial charge in [0.1, 0.15) is 35.0 Å². The summed E-state index contributed by atoms with van der Waals surface area (Å²) in [6.45, 7) is 4.47. The minimum atomic E-state index is -3.54. The van der Waals surface area contributed by atoms with Gasteiger partial charge < -0.3 is 64.2 Å². The van der Waals surface area contributed by atoms with Crippen molar-refractivity contribution in [3.05, 3.63) is 46.2 Å². The smallest absolute Gasteiger partial charge is 0.341 e. The first-order valence-corrected chi connectivity index (χ1v) is 16.0. The van der Waals surface area contributed by atoms with E-state index in [9.17, 15) is 54.9 Å². The monoisotopic (exact) mass is 718 g/mol. The van der Waals surface area contributed by atoms with Crippen molar-refractivity contribution in [2.75, 3.05) is 14.2 Å². The van der Waals surface area contributed by atoms with Crippen molar-refractivity contribution in [1.29, 1.82) is 0 Å². The number of Topliss-reactive ketones (excluding diaryl/α,β-unsaturated/α-hetero) is 2. The van der Waals surface area contributed by atoms with Crippen molar-refractivity contribution >= 4 is 34.1 Å². The first-order valence-electron chi connectivity index (χ1n) is 16.0. The zero-order chi connectivity index (χ0) is 37.5. The molecule has 0 bridgehead atoms. The van der Waals surface area contributed by atoms with Gasteiger partial charge >= 0.3 is 5.97 Å². The number of ketones is 3. The highest BCUT2D eigenvalue weighted by Gasteiger charge is 2.73. The van der Waals surface area contributed by atoms with Crippen LogP contribution in [0.3, 0.4) is 0 Å². The van der Waals surface area contributed by atoms with Crippen molar-refractivity contribution in [1.82, 2.24) is 0 Å². The van der Waals surface area contributed by atoms with Gasteiger partial charge in [-0.05, 0) is 43.9 Å². The molecule has 0 aromatic heterocycles. The van der Waals surface area contributed by atoms with Gasteiger partial charge in [-0.15, -0.1) is 0 Å². The van der Waals surface area contributed by atoms with E-state index >= 15 is 0 Å². The maximum Gasteiger partial charge on any atom is 0.341 e. The second-order valence-electron chi connectivity index (χ2n) is 13.1. The molecule has 7 N–H and O–H groups in total. The van der Waals surface area contributed by atoms with Gasteiger partial charge in [-0.3, -0.25) is 14.4 Å². The van der Waals surface area contributed by atoms with Gasteiger partial charge in [0.2, 0.25) is 34.8 Å².